The first kappa shape index (κ1) is 11.9. The fourth-order valence-corrected chi connectivity index (χ4v) is 4.48. The maximum Gasteiger partial charge on any atom is 0.0314 e. The van der Waals surface area contributed by atoms with E-state index in [0.717, 1.165) is 12.3 Å². The van der Waals surface area contributed by atoms with Crippen LogP contribution in [-0.2, 0) is 6.42 Å². The molecule has 1 aromatic heterocycles. The van der Waals surface area contributed by atoms with E-state index in [2.05, 4.69) is 27.4 Å². The maximum absolute atomic E-state index is 6.20. The number of halogens is 2. The summed E-state index contributed by atoms with van der Waals surface area (Å²) in [6.07, 6.45) is 7.88. The first-order chi connectivity index (χ1) is 7.26. The Labute approximate surface area is 109 Å². The molecule has 0 spiro atoms. The van der Waals surface area contributed by atoms with Crippen LogP contribution in [0.3, 0.4) is 0 Å². The summed E-state index contributed by atoms with van der Waals surface area (Å²) in [6, 6.07) is 2.14. The molecule has 2 rings (SSSR count). The number of hydrogen-bond acceptors (Lipinski definition) is 1. The molecule has 1 heterocycles. The Balaban J connectivity index is 2.10. The van der Waals surface area contributed by atoms with Gasteiger partial charge in [0, 0.05) is 15.2 Å². The molecule has 0 unspecified atom stereocenters. The van der Waals surface area contributed by atoms with E-state index >= 15 is 0 Å². The van der Waals surface area contributed by atoms with Gasteiger partial charge in [0.25, 0.3) is 0 Å². The van der Waals surface area contributed by atoms with Crippen LogP contribution < -0.4 is 0 Å². The lowest BCUT2D eigenvalue weighted by Crippen LogP contribution is -2.28. The molecule has 1 aliphatic rings. The van der Waals surface area contributed by atoms with Gasteiger partial charge in [0.2, 0.25) is 0 Å². The highest BCUT2D eigenvalue weighted by Gasteiger charge is 2.32. The summed E-state index contributed by atoms with van der Waals surface area (Å²) in [5.41, 5.74) is 0.382. The lowest BCUT2D eigenvalue weighted by molar-refractivity contribution is 0.220. The molecular formula is C12H16BrClS. The lowest BCUT2D eigenvalue weighted by Gasteiger charge is -2.35. The standard InChI is InChI=1S/C12H16BrClS/c13-10-4-7-15-11(10)8-12(9-14)5-2-1-3-6-12/h4,7H,1-3,5-6,8-9H2. The van der Waals surface area contributed by atoms with Crippen molar-refractivity contribution in [3.8, 4) is 0 Å². The minimum absolute atomic E-state index is 0.382. The molecule has 0 amide bonds. The van der Waals surface area contributed by atoms with Gasteiger partial charge >= 0.3 is 0 Å². The molecule has 1 aromatic rings. The largest absolute Gasteiger partial charge is 0.148 e. The molecule has 1 fully saturated rings. The first-order valence-corrected chi connectivity index (χ1v) is 7.74. The number of rotatable bonds is 3. The zero-order valence-electron chi connectivity index (χ0n) is 8.77. The predicted molar refractivity (Wildman–Crippen MR) is 72.0 cm³/mol. The molecular weight excluding hydrogens is 292 g/mol. The molecule has 1 aliphatic carbocycles. The van der Waals surface area contributed by atoms with Crippen molar-refractivity contribution in [2.75, 3.05) is 5.88 Å². The Bertz CT molecular complexity index is 315. The van der Waals surface area contributed by atoms with E-state index in [9.17, 15) is 0 Å². The Morgan fingerprint density at radius 2 is 2.07 bits per heavy atom. The van der Waals surface area contributed by atoms with E-state index in [1.807, 2.05) is 11.3 Å². The molecule has 0 aromatic carbocycles. The summed E-state index contributed by atoms with van der Waals surface area (Å²) < 4.78 is 1.27. The van der Waals surface area contributed by atoms with Crippen LogP contribution in [0.5, 0.6) is 0 Å². The van der Waals surface area contributed by atoms with Crippen molar-refractivity contribution in [3.05, 3.63) is 20.8 Å². The summed E-state index contributed by atoms with van der Waals surface area (Å²) in [7, 11) is 0. The van der Waals surface area contributed by atoms with E-state index in [1.165, 1.54) is 41.5 Å². The molecule has 15 heavy (non-hydrogen) atoms. The first-order valence-electron chi connectivity index (χ1n) is 5.54. The number of thiophene rings is 1. The molecule has 0 radical (unpaired) electrons. The van der Waals surface area contributed by atoms with Crippen LogP contribution in [0.25, 0.3) is 0 Å². The van der Waals surface area contributed by atoms with Gasteiger partial charge in [-0.05, 0) is 52.1 Å². The van der Waals surface area contributed by atoms with E-state index in [4.69, 9.17) is 11.6 Å². The van der Waals surface area contributed by atoms with Crippen molar-refractivity contribution in [1.29, 1.82) is 0 Å². The van der Waals surface area contributed by atoms with Gasteiger partial charge in [-0.3, -0.25) is 0 Å². The average molecular weight is 308 g/mol. The van der Waals surface area contributed by atoms with Crippen LogP contribution in [0.2, 0.25) is 0 Å². The molecule has 1 saturated carbocycles. The van der Waals surface area contributed by atoms with Gasteiger partial charge in [-0.1, -0.05) is 19.3 Å². The highest BCUT2D eigenvalue weighted by atomic mass is 79.9. The summed E-state index contributed by atoms with van der Waals surface area (Å²) >= 11 is 11.7. The Kier molecular flexibility index (Phi) is 4.14. The van der Waals surface area contributed by atoms with Crippen molar-refractivity contribution < 1.29 is 0 Å². The quantitative estimate of drug-likeness (QED) is 0.670. The smallest absolute Gasteiger partial charge is 0.0314 e. The SMILES string of the molecule is ClCC1(Cc2sccc2Br)CCCCC1. The highest BCUT2D eigenvalue weighted by Crippen LogP contribution is 2.42. The van der Waals surface area contributed by atoms with Crippen LogP contribution in [0.4, 0.5) is 0 Å². The van der Waals surface area contributed by atoms with Crippen molar-refractivity contribution in [2.45, 2.75) is 38.5 Å². The van der Waals surface area contributed by atoms with Crippen molar-refractivity contribution in [2.24, 2.45) is 5.41 Å². The van der Waals surface area contributed by atoms with Gasteiger partial charge in [-0.2, -0.15) is 0 Å². The Morgan fingerprint density at radius 1 is 1.33 bits per heavy atom. The normalized spacial score (nSPS) is 20.4. The van der Waals surface area contributed by atoms with E-state index in [0.29, 0.717) is 5.41 Å². The molecule has 0 atom stereocenters. The third kappa shape index (κ3) is 2.78. The van der Waals surface area contributed by atoms with Crippen LogP contribution >= 0.6 is 38.9 Å². The van der Waals surface area contributed by atoms with Gasteiger partial charge < -0.3 is 0 Å². The molecule has 0 nitrogen and oxygen atoms in total. The highest BCUT2D eigenvalue weighted by molar-refractivity contribution is 9.10. The van der Waals surface area contributed by atoms with Crippen molar-refractivity contribution in [3.63, 3.8) is 0 Å². The lowest BCUT2D eigenvalue weighted by atomic mass is 9.73. The summed E-state index contributed by atoms with van der Waals surface area (Å²) in [5, 5.41) is 2.16. The monoisotopic (exact) mass is 306 g/mol. The van der Waals surface area contributed by atoms with Crippen LogP contribution in [0.1, 0.15) is 37.0 Å². The fourth-order valence-electron chi connectivity index (χ4n) is 2.45. The molecule has 0 bridgehead atoms. The third-order valence-corrected chi connectivity index (χ3v) is 5.92. The molecule has 0 saturated heterocycles. The number of alkyl halides is 1. The van der Waals surface area contributed by atoms with Gasteiger partial charge in [0.1, 0.15) is 0 Å². The number of hydrogen-bond donors (Lipinski definition) is 0. The maximum atomic E-state index is 6.20. The average Bonchev–Trinajstić information content (AvgIpc) is 2.66. The summed E-state index contributed by atoms with van der Waals surface area (Å²) in [5.74, 6) is 0.817. The molecule has 0 N–H and O–H groups in total. The third-order valence-electron chi connectivity index (χ3n) is 3.42. The second-order valence-electron chi connectivity index (χ2n) is 4.56. The van der Waals surface area contributed by atoms with E-state index < -0.39 is 0 Å². The van der Waals surface area contributed by atoms with Gasteiger partial charge in [0.15, 0.2) is 0 Å². The fraction of sp³-hybridized carbons (Fsp3) is 0.667. The van der Waals surface area contributed by atoms with Crippen molar-refractivity contribution >= 4 is 38.9 Å². The topological polar surface area (TPSA) is 0 Å². The minimum atomic E-state index is 0.382. The molecule has 3 heteroatoms. The summed E-state index contributed by atoms with van der Waals surface area (Å²) in [4.78, 5) is 1.47. The van der Waals surface area contributed by atoms with Gasteiger partial charge in [0.05, 0.1) is 0 Å². The van der Waals surface area contributed by atoms with Crippen LogP contribution in [0.15, 0.2) is 15.9 Å². The second kappa shape index (κ2) is 5.20. The zero-order valence-corrected chi connectivity index (χ0v) is 11.9. The Morgan fingerprint density at radius 3 is 2.60 bits per heavy atom. The van der Waals surface area contributed by atoms with Crippen LogP contribution in [0, 0.1) is 5.41 Å². The Hall–Kier alpha value is 0.470. The second-order valence-corrected chi connectivity index (χ2v) is 6.69. The predicted octanol–water partition coefficient (Wildman–Crippen LogP) is 5.24. The summed E-state index contributed by atoms with van der Waals surface area (Å²) in [6.45, 7) is 0. The van der Waals surface area contributed by atoms with Crippen LogP contribution in [-0.4, -0.2) is 5.88 Å². The zero-order chi connectivity index (χ0) is 10.7. The van der Waals surface area contributed by atoms with E-state index in [-0.39, 0.29) is 0 Å². The molecule has 84 valence electrons. The van der Waals surface area contributed by atoms with Gasteiger partial charge in [-0.15, -0.1) is 22.9 Å². The molecule has 0 aliphatic heterocycles. The van der Waals surface area contributed by atoms with Crippen molar-refractivity contribution in [1.82, 2.24) is 0 Å². The minimum Gasteiger partial charge on any atom is -0.148 e. The van der Waals surface area contributed by atoms with Gasteiger partial charge in [-0.25, -0.2) is 0 Å². The van der Waals surface area contributed by atoms with E-state index in [1.54, 1.807) is 0 Å².